The van der Waals surface area contributed by atoms with Crippen LogP contribution in [-0.4, -0.2) is 12.5 Å². The molecule has 0 aromatic heterocycles. The van der Waals surface area contributed by atoms with E-state index in [4.69, 9.17) is 6.57 Å². The Labute approximate surface area is 185 Å². The molecule has 0 saturated heterocycles. The molecule has 0 saturated carbocycles. The molecule has 158 valence electrons. The van der Waals surface area contributed by atoms with Crippen molar-refractivity contribution in [1.82, 2.24) is 5.32 Å². The lowest BCUT2D eigenvalue weighted by atomic mass is 9.82. The molecule has 31 heavy (non-hydrogen) atoms. The van der Waals surface area contributed by atoms with Crippen molar-refractivity contribution in [2.24, 2.45) is 0 Å². The van der Waals surface area contributed by atoms with Crippen LogP contribution in [0.25, 0.3) is 4.85 Å². The summed E-state index contributed by atoms with van der Waals surface area (Å²) < 4.78 is 0. The Morgan fingerprint density at radius 1 is 1.00 bits per heavy atom. The van der Waals surface area contributed by atoms with Gasteiger partial charge in [0.1, 0.15) is 5.54 Å². The zero-order chi connectivity index (χ0) is 22.3. The summed E-state index contributed by atoms with van der Waals surface area (Å²) in [6.45, 7) is 13.9. The summed E-state index contributed by atoms with van der Waals surface area (Å²) >= 11 is 0. The number of carbonyl (C=O) groups is 1. The fourth-order valence-corrected chi connectivity index (χ4v) is 3.87. The zero-order valence-corrected chi connectivity index (χ0v) is 18.4. The molecule has 4 heteroatoms. The van der Waals surface area contributed by atoms with Crippen molar-refractivity contribution in [1.29, 1.82) is 0 Å². The lowest BCUT2D eigenvalue weighted by molar-refractivity contribution is -0.123. The summed E-state index contributed by atoms with van der Waals surface area (Å²) in [4.78, 5) is 17.2. The third kappa shape index (κ3) is 5.20. The summed E-state index contributed by atoms with van der Waals surface area (Å²) in [5.74, 6) is -0.0948. The maximum absolute atomic E-state index is 13.7. The van der Waals surface area contributed by atoms with Gasteiger partial charge in [-0.3, -0.25) is 10.1 Å². The lowest BCUT2D eigenvalue weighted by Gasteiger charge is -2.34. The molecule has 0 unspecified atom stereocenters. The topological polar surface area (TPSA) is 45.5 Å². The molecule has 0 spiro atoms. The van der Waals surface area contributed by atoms with E-state index in [-0.39, 0.29) is 5.91 Å². The fraction of sp³-hybridized carbons (Fsp3) is 0.259. The Balaban J connectivity index is 1.95. The minimum atomic E-state index is -0.868. The van der Waals surface area contributed by atoms with Gasteiger partial charge < -0.3 is 5.32 Å². The van der Waals surface area contributed by atoms with Crippen LogP contribution < -0.4 is 10.6 Å². The van der Waals surface area contributed by atoms with Gasteiger partial charge in [0.05, 0.1) is 6.57 Å². The van der Waals surface area contributed by atoms with E-state index in [1.165, 1.54) is 11.1 Å². The van der Waals surface area contributed by atoms with E-state index >= 15 is 0 Å². The van der Waals surface area contributed by atoms with Crippen molar-refractivity contribution in [2.45, 2.75) is 39.2 Å². The van der Waals surface area contributed by atoms with Crippen LogP contribution in [0.15, 0.2) is 72.8 Å². The highest BCUT2D eigenvalue weighted by Crippen LogP contribution is 2.30. The van der Waals surface area contributed by atoms with E-state index in [1.54, 1.807) is 12.1 Å². The van der Waals surface area contributed by atoms with Gasteiger partial charge in [-0.05, 0) is 62.1 Å². The maximum atomic E-state index is 13.7. The Morgan fingerprint density at radius 3 is 2.32 bits per heavy atom. The van der Waals surface area contributed by atoms with Crippen LogP contribution in [-0.2, 0) is 16.8 Å². The van der Waals surface area contributed by atoms with Gasteiger partial charge in [0.15, 0.2) is 5.69 Å². The zero-order valence-electron chi connectivity index (χ0n) is 18.4. The smallest absolute Gasteiger partial charge is 0.249 e. The second kappa shape index (κ2) is 10.1. The van der Waals surface area contributed by atoms with Gasteiger partial charge in [-0.15, -0.1) is 0 Å². The highest BCUT2D eigenvalue weighted by atomic mass is 16.2. The van der Waals surface area contributed by atoms with Gasteiger partial charge in [-0.25, -0.2) is 4.85 Å². The number of benzene rings is 3. The summed E-state index contributed by atoms with van der Waals surface area (Å²) in [7, 11) is 0. The predicted octanol–water partition coefficient (Wildman–Crippen LogP) is 5.93. The molecule has 0 bridgehead atoms. The van der Waals surface area contributed by atoms with Gasteiger partial charge in [0.25, 0.3) is 0 Å². The van der Waals surface area contributed by atoms with Gasteiger partial charge in [0.2, 0.25) is 5.91 Å². The van der Waals surface area contributed by atoms with Crippen molar-refractivity contribution in [3.05, 3.63) is 106 Å². The van der Waals surface area contributed by atoms with E-state index in [0.29, 0.717) is 24.3 Å². The van der Waals surface area contributed by atoms with Crippen molar-refractivity contribution >= 4 is 17.3 Å². The molecule has 4 nitrogen and oxygen atoms in total. The largest absolute Gasteiger partial charge is 0.324 e. The quantitative estimate of drug-likeness (QED) is 0.451. The first-order valence-corrected chi connectivity index (χ1v) is 10.6. The number of anilines is 1. The van der Waals surface area contributed by atoms with Crippen molar-refractivity contribution < 1.29 is 4.79 Å². The average molecular weight is 412 g/mol. The van der Waals surface area contributed by atoms with Crippen LogP contribution in [0, 0.1) is 20.4 Å². The highest BCUT2D eigenvalue weighted by Gasteiger charge is 2.39. The summed E-state index contributed by atoms with van der Waals surface area (Å²) in [5, 5.41) is 6.59. The number of nitrogens with one attached hydrogen (secondary N) is 2. The van der Waals surface area contributed by atoms with Crippen LogP contribution in [0.5, 0.6) is 0 Å². The van der Waals surface area contributed by atoms with Gasteiger partial charge in [0, 0.05) is 5.69 Å². The first-order chi connectivity index (χ1) is 15.0. The van der Waals surface area contributed by atoms with Gasteiger partial charge >= 0.3 is 0 Å². The minimum absolute atomic E-state index is 0.0948. The van der Waals surface area contributed by atoms with E-state index in [9.17, 15) is 4.79 Å². The number of likely N-dealkylation sites (N-methyl/N-ethyl adjacent to an activating group) is 1. The van der Waals surface area contributed by atoms with Crippen molar-refractivity contribution in [2.75, 3.05) is 11.9 Å². The molecule has 1 atom stereocenters. The van der Waals surface area contributed by atoms with Crippen LogP contribution in [0.1, 0.15) is 35.6 Å². The Bertz CT molecular complexity index is 1070. The Kier molecular flexibility index (Phi) is 7.23. The maximum Gasteiger partial charge on any atom is 0.249 e. The number of aryl methyl sites for hydroxylation is 3. The van der Waals surface area contributed by atoms with Crippen LogP contribution in [0.3, 0.4) is 0 Å². The summed E-state index contributed by atoms with van der Waals surface area (Å²) in [6, 6.07) is 23.8. The second-order valence-corrected chi connectivity index (χ2v) is 7.85. The molecule has 2 N–H and O–H groups in total. The average Bonchev–Trinajstić information content (AvgIpc) is 2.78. The molecule has 0 radical (unpaired) electrons. The fourth-order valence-electron chi connectivity index (χ4n) is 3.87. The SMILES string of the molecule is [C-]#[N+]c1ccc(NC(=O)[C@](CCc2ccc(C)cc2)(NCC)c2ccccc2)cc1C. The Morgan fingerprint density at radius 2 is 1.71 bits per heavy atom. The molecule has 3 aromatic rings. The molecule has 0 aliphatic carbocycles. The van der Waals surface area contributed by atoms with E-state index in [0.717, 1.165) is 17.5 Å². The Hall–Kier alpha value is -3.42. The lowest BCUT2D eigenvalue weighted by Crippen LogP contribution is -2.52. The molecular formula is C27H29N3O. The number of rotatable bonds is 8. The van der Waals surface area contributed by atoms with Crippen LogP contribution >= 0.6 is 0 Å². The third-order valence-electron chi connectivity index (χ3n) is 5.62. The molecule has 0 aliphatic heterocycles. The van der Waals surface area contributed by atoms with E-state index in [2.05, 4.69) is 46.7 Å². The van der Waals surface area contributed by atoms with Crippen molar-refractivity contribution in [3.8, 4) is 0 Å². The summed E-state index contributed by atoms with van der Waals surface area (Å²) in [5.41, 5.74) is 4.64. The molecular weight excluding hydrogens is 382 g/mol. The normalized spacial score (nSPS) is 12.6. The van der Waals surface area contributed by atoms with E-state index < -0.39 is 5.54 Å². The third-order valence-corrected chi connectivity index (χ3v) is 5.62. The van der Waals surface area contributed by atoms with Gasteiger partial charge in [-0.1, -0.05) is 73.2 Å². The monoisotopic (exact) mass is 411 g/mol. The number of nitrogens with zero attached hydrogens (tertiary/aromatic N) is 1. The number of hydrogen-bond donors (Lipinski definition) is 2. The minimum Gasteiger partial charge on any atom is -0.324 e. The van der Waals surface area contributed by atoms with Crippen LogP contribution in [0.2, 0.25) is 0 Å². The molecule has 0 aliphatic rings. The van der Waals surface area contributed by atoms with Gasteiger partial charge in [-0.2, -0.15) is 0 Å². The predicted molar refractivity (Wildman–Crippen MR) is 127 cm³/mol. The standard InChI is InChI=1S/C27H29N3O/c1-5-29-27(23-9-7-6-8-10-23,18-17-22-13-11-20(2)12-14-22)26(31)30-24-15-16-25(28-4)21(3)19-24/h6-16,19,29H,5,17-18H2,1-3H3,(H,30,31)/t27-/m1/s1. The van der Waals surface area contributed by atoms with E-state index in [1.807, 2.05) is 50.2 Å². The molecule has 3 aromatic carbocycles. The number of carbonyl (C=O) groups excluding carboxylic acids is 1. The summed E-state index contributed by atoms with van der Waals surface area (Å²) in [6.07, 6.45) is 1.39. The number of amides is 1. The number of hydrogen-bond acceptors (Lipinski definition) is 2. The molecule has 0 fully saturated rings. The molecule has 1 amide bonds. The molecule has 0 heterocycles. The second-order valence-electron chi connectivity index (χ2n) is 7.85. The first-order valence-electron chi connectivity index (χ1n) is 10.6. The molecule has 3 rings (SSSR count). The van der Waals surface area contributed by atoms with Crippen LogP contribution in [0.4, 0.5) is 11.4 Å². The first kappa shape index (κ1) is 22.3. The van der Waals surface area contributed by atoms with Crippen molar-refractivity contribution in [3.63, 3.8) is 0 Å². The highest BCUT2D eigenvalue weighted by molar-refractivity contribution is 5.99.